The van der Waals surface area contributed by atoms with Gasteiger partial charge in [-0.1, -0.05) is 30.3 Å². The van der Waals surface area contributed by atoms with Gasteiger partial charge in [0.05, 0.1) is 24.3 Å². The highest BCUT2D eigenvalue weighted by atomic mass is 15.1. The molecule has 0 amide bonds. The molecule has 0 radical (unpaired) electrons. The van der Waals surface area contributed by atoms with Crippen molar-refractivity contribution in [1.82, 2.24) is 24.8 Å². The van der Waals surface area contributed by atoms with E-state index >= 15 is 0 Å². The summed E-state index contributed by atoms with van der Waals surface area (Å²) in [5.74, 6) is 1.26. The average molecular weight is 304 g/mol. The van der Waals surface area contributed by atoms with Gasteiger partial charge in [-0.05, 0) is 0 Å². The van der Waals surface area contributed by atoms with E-state index in [1.807, 2.05) is 49.3 Å². The molecule has 2 heterocycles. The number of nitrogens with zero attached hydrogens (tertiary/aromatic N) is 6. The van der Waals surface area contributed by atoms with Gasteiger partial charge in [0.1, 0.15) is 5.69 Å². The molecule has 1 aromatic carbocycles. The third-order valence-corrected chi connectivity index (χ3v) is 3.02. The molecule has 0 aliphatic heterocycles. The Morgan fingerprint density at radius 1 is 0.783 bits per heavy atom. The van der Waals surface area contributed by atoms with Crippen LogP contribution in [0.5, 0.6) is 0 Å². The van der Waals surface area contributed by atoms with Gasteiger partial charge in [-0.2, -0.15) is 0 Å². The monoisotopic (exact) mass is 304 g/mol. The number of hydrogen-bond donors (Lipinski definition) is 0. The minimum atomic E-state index is 0.577. The Kier molecular flexibility index (Phi) is 4.33. The maximum absolute atomic E-state index is 4.38. The zero-order valence-electron chi connectivity index (χ0n) is 13.0. The molecule has 3 rings (SSSR count). The molecule has 114 valence electrons. The number of aliphatic imine (C=N–C) groups is 1. The van der Waals surface area contributed by atoms with Gasteiger partial charge in [0, 0.05) is 32.1 Å². The van der Waals surface area contributed by atoms with Crippen LogP contribution in [0.2, 0.25) is 0 Å². The van der Waals surface area contributed by atoms with Crippen LogP contribution in [0.4, 0.5) is 5.69 Å². The maximum Gasteiger partial charge on any atom is 0.162 e. The first kappa shape index (κ1) is 14.8. The smallest absolute Gasteiger partial charge is 0.162 e. The highest BCUT2D eigenvalue weighted by molar-refractivity contribution is 5.61. The Labute approximate surface area is 134 Å². The number of rotatable bonds is 4. The zero-order chi connectivity index (χ0) is 16.1. The second kappa shape index (κ2) is 6.74. The SMILES string of the molecule is CN(C)C=Nc1cnc(-c2cnc(-c3ccccc3)nc2)nc1. The van der Waals surface area contributed by atoms with Gasteiger partial charge in [-0.15, -0.1) is 0 Å². The van der Waals surface area contributed by atoms with Crippen molar-refractivity contribution in [2.24, 2.45) is 4.99 Å². The lowest BCUT2D eigenvalue weighted by atomic mass is 10.2. The van der Waals surface area contributed by atoms with E-state index in [1.54, 1.807) is 31.1 Å². The van der Waals surface area contributed by atoms with Gasteiger partial charge >= 0.3 is 0 Å². The molecule has 3 aromatic rings. The highest BCUT2D eigenvalue weighted by Gasteiger charge is 2.05. The maximum atomic E-state index is 4.38. The minimum Gasteiger partial charge on any atom is -0.369 e. The van der Waals surface area contributed by atoms with Crippen LogP contribution in [0.15, 0.2) is 60.1 Å². The van der Waals surface area contributed by atoms with Crippen LogP contribution in [-0.2, 0) is 0 Å². The van der Waals surface area contributed by atoms with E-state index in [9.17, 15) is 0 Å². The van der Waals surface area contributed by atoms with E-state index in [2.05, 4.69) is 24.9 Å². The Morgan fingerprint density at radius 2 is 1.35 bits per heavy atom. The molecule has 0 atom stereocenters. The fraction of sp³-hybridized carbons (Fsp3) is 0.118. The van der Waals surface area contributed by atoms with Crippen LogP contribution in [0.1, 0.15) is 0 Å². The summed E-state index contributed by atoms with van der Waals surface area (Å²) in [4.78, 5) is 23.5. The van der Waals surface area contributed by atoms with Crippen molar-refractivity contribution in [3.05, 3.63) is 55.1 Å². The largest absolute Gasteiger partial charge is 0.369 e. The molecule has 6 heteroatoms. The van der Waals surface area contributed by atoms with Gasteiger partial charge in [-0.25, -0.2) is 24.9 Å². The first-order valence-electron chi connectivity index (χ1n) is 7.13. The Hall–Kier alpha value is -3.15. The van der Waals surface area contributed by atoms with Gasteiger partial charge in [0.25, 0.3) is 0 Å². The van der Waals surface area contributed by atoms with Crippen LogP contribution in [0.25, 0.3) is 22.8 Å². The Bertz CT molecular complexity index is 780. The number of aromatic nitrogens is 4. The van der Waals surface area contributed by atoms with E-state index in [0.29, 0.717) is 17.3 Å². The summed E-state index contributed by atoms with van der Waals surface area (Å²) in [6, 6.07) is 9.84. The topological polar surface area (TPSA) is 67.2 Å². The summed E-state index contributed by atoms with van der Waals surface area (Å²) in [5.41, 5.74) is 2.45. The van der Waals surface area contributed by atoms with Crippen LogP contribution in [-0.4, -0.2) is 45.3 Å². The molecular formula is C17H16N6. The predicted octanol–water partition coefficient (Wildman–Crippen LogP) is 2.82. The van der Waals surface area contributed by atoms with Crippen LogP contribution in [0, 0.1) is 0 Å². The molecule has 0 saturated carbocycles. The molecule has 6 nitrogen and oxygen atoms in total. The normalized spacial score (nSPS) is 10.9. The summed E-state index contributed by atoms with van der Waals surface area (Å²) < 4.78 is 0. The van der Waals surface area contributed by atoms with Crippen LogP contribution < -0.4 is 0 Å². The lowest BCUT2D eigenvalue weighted by molar-refractivity contribution is 0.643. The molecule has 0 saturated heterocycles. The van der Waals surface area contributed by atoms with Crippen molar-refractivity contribution >= 4 is 12.0 Å². The summed E-state index contributed by atoms with van der Waals surface area (Å²) in [5, 5.41) is 0. The predicted molar refractivity (Wildman–Crippen MR) is 90.3 cm³/mol. The highest BCUT2D eigenvalue weighted by Crippen LogP contribution is 2.18. The molecule has 0 spiro atoms. The van der Waals surface area contributed by atoms with Gasteiger partial charge in [0.2, 0.25) is 0 Å². The van der Waals surface area contributed by atoms with E-state index in [4.69, 9.17) is 0 Å². The average Bonchev–Trinajstić information content (AvgIpc) is 2.61. The second-order valence-corrected chi connectivity index (χ2v) is 5.13. The van der Waals surface area contributed by atoms with Crippen molar-refractivity contribution in [1.29, 1.82) is 0 Å². The summed E-state index contributed by atoms with van der Waals surface area (Å²) >= 11 is 0. The van der Waals surface area contributed by atoms with Crippen molar-refractivity contribution in [3.63, 3.8) is 0 Å². The summed E-state index contributed by atoms with van der Waals surface area (Å²) in [7, 11) is 3.81. The fourth-order valence-electron chi connectivity index (χ4n) is 1.90. The minimum absolute atomic E-state index is 0.577. The number of hydrogen-bond acceptors (Lipinski definition) is 5. The van der Waals surface area contributed by atoms with E-state index < -0.39 is 0 Å². The molecule has 0 unspecified atom stereocenters. The van der Waals surface area contributed by atoms with Crippen molar-refractivity contribution in [2.45, 2.75) is 0 Å². The van der Waals surface area contributed by atoms with Gasteiger partial charge < -0.3 is 4.90 Å². The standard InChI is InChI=1S/C17H16N6/c1-23(2)12-22-15-10-20-17(21-11-15)14-8-18-16(19-9-14)13-6-4-3-5-7-13/h3-12H,1-2H3. The second-order valence-electron chi connectivity index (χ2n) is 5.13. The van der Waals surface area contributed by atoms with Crippen molar-refractivity contribution in [3.8, 4) is 22.8 Å². The lowest BCUT2D eigenvalue weighted by Crippen LogP contribution is -2.07. The fourth-order valence-corrected chi connectivity index (χ4v) is 1.90. The van der Waals surface area contributed by atoms with Crippen molar-refractivity contribution in [2.75, 3.05) is 14.1 Å². The summed E-state index contributed by atoms with van der Waals surface area (Å²) in [6.45, 7) is 0. The lowest BCUT2D eigenvalue weighted by Gasteiger charge is -2.03. The van der Waals surface area contributed by atoms with Crippen LogP contribution >= 0.6 is 0 Å². The van der Waals surface area contributed by atoms with E-state index in [1.165, 1.54) is 0 Å². The third kappa shape index (κ3) is 3.74. The van der Waals surface area contributed by atoms with E-state index in [0.717, 1.165) is 11.1 Å². The van der Waals surface area contributed by atoms with Crippen LogP contribution in [0.3, 0.4) is 0 Å². The quantitative estimate of drug-likeness (QED) is 0.547. The van der Waals surface area contributed by atoms with Gasteiger partial charge in [-0.3, -0.25) is 0 Å². The molecular weight excluding hydrogens is 288 g/mol. The molecule has 23 heavy (non-hydrogen) atoms. The molecule has 2 aromatic heterocycles. The molecule has 0 aliphatic carbocycles. The molecule has 0 N–H and O–H groups in total. The first-order chi connectivity index (χ1) is 11.2. The zero-order valence-corrected chi connectivity index (χ0v) is 13.0. The third-order valence-electron chi connectivity index (χ3n) is 3.02. The molecule has 0 bridgehead atoms. The summed E-state index contributed by atoms with van der Waals surface area (Å²) in [6.07, 6.45) is 8.51. The molecule has 0 aliphatic rings. The van der Waals surface area contributed by atoms with E-state index in [-0.39, 0.29) is 0 Å². The molecule has 0 fully saturated rings. The first-order valence-corrected chi connectivity index (χ1v) is 7.13. The Balaban J connectivity index is 1.80. The number of benzene rings is 1. The van der Waals surface area contributed by atoms with Gasteiger partial charge in [0.15, 0.2) is 11.6 Å². The van der Waals surface area contributed by atoms with Crippen molar-refractivity contribution < 1.29 is 0 Å². The Morgan fingerprint density at radius 3 is 1.96 bits per heavy atom.